The topological polar surface area (TPSA) is 104 Å². The smallest absolute Gasteiger partial charge is 0.332 e. The molecular weight excluding hydrogens is 314 g/mol. The van der Waals surface area contributed by atoms with E-state index in [0.717, 1.165) is 17.4 Å². The molecule has 0 aliphatic heterocycles. The molecule has 3 aromatic heterocycles. The second kappa shape index (κ2) is 5.36. The predicted octanol–water partition coefficient (Wildman–Crippen LogP) is -0.139. The molecule has 0 aliphatic carbocycles. The highest BCUT2D eigenvalue weighted by Gasteiger charge is 2.22. The molecule has 0 bridgehead atoms. The Morgan fingerprint density at radius 1 is 1.08 bits per heavy atom. The molecule has 0 spiro atoms. The Morgan fingerprint density at radius 3 is 2.38 bits per heavy atom. The van der Waals surface area contributed by atoms with Gasteiger partial charge in [-0.3, -0.25) is 23.3 Å². The summed E-state index contributed by atoms with van der Waals surface area (Å²) < 4.78 is 4.87. The molecule has 0 unspecified atom stereocenters. The van der Waals surface area contributed by atoms with Crippen LogP contribution in [-0.2, 0) is 20.6 Å². The van der Waals surface area contributed by atoms with Gasteiger partial charge in [0.05, 0.1) is 5.56 Å². The fourth-order valence-electron chi connectivity index (χ4n) is 2.84. The van der Waals surface area contributed by atoms with Gasteiger partial charge in [0.1, 0.15) is 0 Å². The first kappa shape index (κ1) is 16.0. The minimum Gasteiger partial charge on any atom is -0.494 e. The normalized spacial score (nSPS) is 11.7. The van der Waals surface area contributed by atoms with Gasteiger partial charge in [0, 0.05) is 20.6 Å². The van der Waals surface area contributed by atoms with Crippen LogP contribution < -0.4 is 16.8 Å². The molecule has 0 amide bonds. The zero-order valence-corrected chi connectivity index (χ0v) is 14.0. The predicted molar refractivity (Wildman–Crippen MR) is 88.7 cm³/mol. The van der Waals surface area contributed by atoms with Crippen LogP contribution in [0.25, 0.3) is 16.9 Å². The standard InChI is InChI=1S/C15H19N5O4/c1-5-6-7-19-11(21)8(2)12(22)20-9-10(16-14(19)20)17(3)15(24)18(4)13(9)23/h22H,5-7H2,1-4H3. The van der Waals surface area contributed by atoms with Crippen LogP contribution in [0.4, 0.5) is 0 Å². The Kier molecular flexibility index (Phi) is 3.58. The van der Waals surface area contributed by atoms with Crippen LogP contribution in [0.2, 0.25) is 0 Å². The average molecular weight is 333 g/mol. The number of aromatic hydroxyl groups is 1. The highest BCUT2D eigenvalue weighted by Crippen LogP contribution is 2.20. The van der Waals surface area contributed by atoms with Crippen molar-refractivity contribution in [2.24, 2.45) is 14.1 Å². The second-order valence-corrected chi connectivity index (χ2v) is 5.88. The highest BCUT2D eigenvalue weighted by molar-refractivity contribution is 5.76. The number of hydrogen-bond acceptors (Lipinski definition) is 5. The van der Waals surface area contributed by atoms with Crippen LogP contribution in [0.15, 0.2) is 14.4 Å². The van der Waals surface area contributed by atoms with E-state index in [1.807, 2.05) is 6.92 Å². The summed E-state index contributed by atoms with van der Waals surface area (Å²) in [5.74, 6) is -0.175. The van der Waals surface area contributed by atoms with Gasteiger partial charge >= 0.3 is 5.69 Å². The molecule has 0 saturated heterocycles. The number of hydrogen-bond donors (Lipinski definition) is 1. The maximum absolute atomic E-state index is 12.5. The van der Waals surface area contributed by atoms with Gasteiger partial charge in [0.25, 0.3) is 11.1 Å². The third kappa shape index (κ3) is 1.93. The molecule has 128 valence electrons. The lowest BCUT2D eigenvalue weighted by molar-refractivity contribution is 0.435. The number of imidazole rings is 1. The zero-order valence-electron chi connectivity index (χ0n) is 14.0. The number of nitrogens with zero attached hydrogens (tertiary/aromatic N) is 5. The molecule has 0 fully saturated rings. The van der Waals surface area contributed by atoms with E-state index >= 15 is 0 Å². The van der Waals surface area contributed by atoms with E-state index in [9.17, 15) is 19.5 Å². The lowest BCUT2D eigenvalue weighted by Gasteiger charge is -2.10. The zero-order chi connectivity index (χ0) is 17.8. The van der Waals surface area contributed by atoms with Gasteiger partial charge in [-0.15, -0.1) is 0 Å². The fraction of sp³-hybridized carbons (Fsp3) is 0.467. The summed E-state index contributed by atoms with van der Waals surface area (Å²) in [6.07, 6.45) is 1.62. The first-order valence-corrected chi connectivity index (χ1v) is 7.71. The van der Waals surface area contributed by atoms with Crippen LogP contribution in [0, 0.1) is 6.92 Å². The average Bonchev–Trinajstić information content (AvgIpc) is 2.96. The van der Waals surface area contributed by atoms with Gasteiger partial charge in [-0.1, -0.05) is 13.3 Å². The van der Waals surface area contributed by atoms with Gasteiger partial charge in [-0.2, -0.15) is 4.98 Å². The lowest BCUT2D eigenvalue weighted by Crippen LogP contribution is -2.37. The van der Waals surface area contributed by atoms with E-state index in [-0.39, 0.29) is 33.9 Å². The van der Waals surface area contributed by atoms with Crippen LogP contribution >= 0.6 is 0 Å². The molecule has 0 aliphatic rings. The van der Waals surface area contributed by atoms with Crippen LogP contribution in [-0.4, -0.2) is 28.2 Å². The fourth-order valence-corrected chi connectivity index (χ4v) is 2.84. The summed E-state index contributed by atoms with van der Waals surface area (Å²) in [6.45, 7) is 3.91. The van der Waals surface area contributed by atoms with Crippen molar-refractivity contribution in [2.75, 3.05) is 0 Å². The molecule has 1 N–H and O–H groups in total. The number of rotatable bonds is 3. The summed E-state index contributed by atoms with van der Waals surface area (Å²) in [6, 6.07) is 0. The van der Waals surface area contributed by atoms with Crippen molar-refractivity contribution in [3.8, 4) is 5.88 Å². The molecule has 0 radical (unpaired) electrons. The van der Waals surface area contributed by atoms with E-state index in [0.29, 0.717) is 6.54 Å². The summed E-state index contributed by atoms with van der Waals surface area (Å²) in [7, 11) is 2.86. The van der Waals surface area contributed by atoms with Gasteiger partial charge in [0.2, 0.25) is 11.7 Å². The van der Waals surface area contributed by atoms with E-state index in [2.05, 4.69) is 4.98 Å². The van der Waals surface area contributed by atoms with Gasteiger partial charge in [-0.05, 0) is 13.3 Å². The van der Waals surface area contributed by atoms with E-state index in [1.54, 1.807) is 0 Å². The summed E-state index contributed by atoms with van der Waals surface area (Å²) in [4.78, 5) is 41.4. The summed E-state index contributed by atoms with van der Waals surface area (Å²) in [5.41, 5.74) is -1.11. The maximum Gasteiger partial charge on any atom is 0.332 e. The number of fused-ring (bicyclic) bond motifs is 3. The van der Waals surface area contributed by atoms with Crippen LogP contribution in [0.1, 0.15) is 25.3 Å². The summed E-state index contributed by atoms with van der Waals surface area (Å²) >= 11 is 0. The largest absolute Gasteiger partial charge is 0.494 e. The van der Waals surface area contributed by atoms with Gasteiger partial charge < -0.3 is 5.11 Å². The van der Waals surface area contributed by atoms with Crippen molar-refractivity contribution >= 4 is 16.9 Å². The first-order valence-electron chi connectivity index (χ1n) is 7.71. The van der Waals surface area contributed by atoms with Crippen molar-refractivity contribution in [2.45, 2.75) is 33.2 Å². The minimum atomic E-state index is -0.573. The Hall–Kier alpha value is -2.84. The van der Waals surface area contributed by atoms with Crippen molar-refractivity contribution in [1.29, 1.82) is 0 Å². The number of aromatic nitrogens is 5. The quantitative estimate of drug-likeness (QED) is 0.718. The van der Waals surface area contributed by atoms with E-state index in [4.69, 9.17) is 0 Å². The third-order valence-electron chi connectivity index (χ3n) is 4.33. The number of aryl methyl sites for hydroxylation is 2. The van der Waals surface area contributed by atoms with Crippen molar-refractivity contribution < 1.29 is 5.11 Å². The molecule has 3 heterocycles. The Labute approximate surface area is 136 Å². The van der Waals surface area contributed by atoms with Crippen molar-refractivity contribution in [3.05, 3.63) is 36.8 Å². The third-order valence-corrected chi connectivity index (χ3v) is 4.33. The lowest BCUT2D eigenvalue weighted by atomic mass is 10.3. The number of unbranched alkanes of at least 4 members (excludes halogenated alkanes) is 1. The monoisotopic (exact) mass is 333 g/mol. The van der Waals surface area contributed by atoms with Crippen LogP contribution in [0.3, 0.4) is 0 Å². The highest BCUT2D eigenvalue weighted by atomic mass is 16.3. The molecule has 9 nitrogen and oxygen atoms in total. The molecule has 0 atom stereocenters. The molecule has 3 rings (SSSR count). The summed E-state index contributed by atoms with van der Waals surface area (Å²) in [5, 5.41) is 10.4. The van der Waals surface area contributed by atoms with Crippen molar-refractivity contribution in [1.82, 2.24) is 23.1 Å². The van der Waals surface area contributed by atoms with E-state index in [1.165, 1.54) is 34.6 Å². The van der Waals surface area contributed by atoms with Gasteiger partial charge in [-0.25, -0.2) is 9.20 Å². The Bertz CT molecular complexity index is 1150. The Balaban J connectivity index is 2.65. The molecule has 0 saturated carbocycles. The minimum absolute atomic E-state index is 0.0699. The molecule has 24 heavy (non-hydrogen) atoms. The van der Waals surface area contributed by atoms with Gasteiger partial charge in [0.15, 0.2) is 11.2 Å². The maximum atomic E-state index is 12.5. The SMILES string of the molecule is CCCCn1c(=O)c(C)c(O)n2c3c(=O)n(C)c(=O)n(C)c3nc12. The molecule has 9 heteroatoms. The molecular formula is C15H19N5O4. The molecule has 3 aromatic rings. The Morgan fingerprint density at radius 2 is 1.75 bits per heavy atom. The van der Waals surface area contributed by atoms with Crippen LogP contribution in [0.5, 0.6) is 5.88 Å². The van der Waals surface area contributed by atoms with Crippen molar-refractivity contribution in [3.63, 3.8) is 0 Å². The second-order valence-electron chi connectivity index (χ2n) is 5.88. The molecule has 0 aromatic carbocycles. The first-order chi connectivity index (χ1) is 11.3. The van der Waals surface area contributed by atoms with E-state index < -0.39 is 11.2 Å².